The molecule has 0 saturated heterocycles. The molecule has 0 unspecified atom stereocenters. The average molecular weight is 317 g/mol. The second kappa shape index (κ2) is 5.72. The maximum atomic E-state index is 11.1. The van der Waals surface area contributed by atoms with Crippen LogP contribution in [0, 0.1) is 0 Å². The van der Waals surface area contributed by atoms with Crippen LogP contribution in [0.2, 0.25) is 5.02 Å². The van der Waals surface area contributed by atoms with Crippen molar-refractivity contribution in [1.29, 1.82) is 0 Å². The number of halogens is 2. The lowest BCUT2D eigenvalue weighted by atomic mass is 10.1. The first-order valence-electron chi connectivity index (χ1n) is 6.24. The van der Waals surface area contributed by atoms with Crippen molar-refractivity contribution >= 4 is 28.4 Å². The van der Waals surface area contributed by atoms with Crippen LogP contribution in [0.15, 0.2) is 61.1 Å². The third-order valence-electron chi connectivity index (χ3n) is 3.11. The minimum atomic E-state index is -0.573. The van der Waals surface area contributed by atoms with Crippen molar-refractivity contribution in [2.75, 3.05) is 0 Å². The zero-order chi connectivity index (χ0) is 14.8. The number of hydrogen-bond donors (Lipinski definition) is 0. The van der Waals surface area contributed by atoms with Crippen LogP contribution in [0.25, 0.3) is 16.8 Å². The first-order chi connectivity index (χ1) is 10.1. The van der Waals surface area contributed by atoms with E-state index in [0.29, 0.717) is 5.02 Å². The molecule has 104 valence electrons. The summed E-state index contributed by atoms with van der Waals surface area (Å²) in [7, 11) is 0. The molecule has 0 atom stereocenters. The molecule has 21 heavy (non-hydrogen) atoms. The summed E-state index contributed by atoms with van der Waals surface area (Å²) < 4.78 is 1.75. The molecule has 1 aromatic heterocycles. The summed E-state index contributed by atoms with van der Waals surface area (Å²) in [4.78, 5) is 15.1. The Hall–Kier alpha value is -2.10. The molecule has 0 spiro atoms. The lowest BCUT2D eigenvalue weighted by Gasteiger charge is -2.07. The molecule has 0 N–H and O–H groups in total. The van der Waals surface area contributed by atoms with Gasteiger partial charge in [-0.1, -0.05) is 41.9 Å². The molecular formula is C16H10Cl2N2O. The molecule has 3 aromatic rings. The number of benzene rings is 2. The lowest BCUT2D eigenvalue weighted by Crippen LogP contribution is -1.91. The molecule has 3 nitrogen and oxygen atoms in total. The van der Waals surface area contributed by atoms with E-state index in [1.165, 1.54) is 0 Å². The quantitative estimate of drug-likeness (QED) is 0.663. The van der Waals surface area contributed by atoms with Gasteiger partial charge in [-0.25, -0.2) is 4.98 Å². The average Bonchev–Trinajstić information content (AvgIpc) is 2.98. The fourth-order valence-electron chi connectivity index (χ4n) is 2.09. The van der Waals surface area contributed by atoms with Crippen LogP contribution in [-0.4, -0.2) is 14.8 Å². The Kier molecular flexibility index (Phi) is 3.78. The van der Waals surface area contributed by atoms with Gasteiger partial charge in [0.1, 0.15) is 12.0 Å². The van der Waals surface area contributed by atoms with Crippen molar-refractivity contribution < 1.29 is 4.79 Å². The summed E-state index contributed by atoms with van der Waals surface area (Å²) in [5, 5.41) is 0.118. The van der Waals surface area contributed by atoms with Crippen LogP contribution in [0.1, 0.15) is 10.5 Å². The monoisotopic (exact) mass is 316 g/mol. The molecular weight excluding hydrogens is 307 g/mol. The number of carbonyl (C=O) groups excluding carboxylic acids is 1. The van der Waals surface area contributed by atoms with E-state index >= 15 is 0 Å². The van der Waals surface area contributed by atoms with Gasteiger partial charge in [0.05, 0.1) is 0 Å². The highest BCUT2D eigenvalue weighted by Gasteiger charge is 2.08. The van der Waals surface area contributed by atoms with E-state index < -0.39 is 5.24 Å². The highest BCUT2D eigenvalue weighted by Crippen LogP contribution is 2.28. The standard InChI is InChI=1S/C16H10Cl2N2O/c17-14-7-2-1-6-13(14)11-4-3-5-12(8-11)20-9-15(16(18)21)19-10-20/h1-10H. The van der Waals surface area contributed by atoms with Gasteiger partial charge in [0.15, 0.2) is 0 Å². The zero-order valence-electron chi connectivity index (χ0n) is 10.8. The molecule has 3 rings (SSSR count). The van der Waals surface area contributed by atoms with Gasteiger partial charge in [-0.3, -0.25) is 4.79 Å². The Bertz CT molecular complexity index is 811. The smallest absolute Gasteiger partial charge is 0.272 e. The maximum absolute atomic E-state index is 11.1. The Labute approximate surface area is 131 Å². The minimum Gasteiger partial charge on any atom is -0.305 e. The fraction of sp³-hybridized carbons (Fsp3) is 0. The van der Waals surface area contributed by atoms with Gasteiger partial charge in [0.2, 0.25) is 0 Å². The van der Waals surface area contributed by atoms with Gasteiger partial charge < -0.3 is 4.57 Å². The van der Waals surface area contributed by atoms with E-state index in [1.54, 1.807) is 17.1 Å². The summed E-state index contributed by atoms with van der Waals surface area (Å²) in [5.41, 5.74) is 3.05. The Balaban J connectivity index is 2.04. The van der Waals surface area contributed by atoms with E-state index in [9.17, 15) is 4.79 Å². The SMILES string of the molecule is O=C(Cl)c1cn(-c2cccc(-c3ccccc3Cl)c2)cn1. The highest BCUT2D eigenvalue weighted by molar-refractivity contribution is 6.67. The first-order valence-corrected chi connectivity index (χ1v) is 7.00. The third kappa shape index (κ3) is 2.84. The second-order valence-electron chi connectivity index (χ2n) is 4.47. The summed E-state index contributed by atoms with van der Waals surface area (Å²) in [5.74, 6) is 0. The van der Waals surface area contributed by atoms with Gasteiger partial charge >= 0.3 is 0 Å². The van der Waals surface area contributed by atoms with Crippen molar-refractivity contribution in [3.05, 3.63) is 71.8 Å². The van der Waals surface area contributed by atoms with Crippen LogP contribution < -0.4 is 0 Å². The van der Waals surface area contributed by atoms with E-state index in [-0.39, 0.29) is 5.69 Å². The molecule has 0 saturated carbocycles. The molecule has 2 aromatic carbocycles. The minimum absolute atomic E-state index is 0.222. The number of rotatable bonds is 3. The highest BCUT2D eigenvalue weighted by atomic mass is 35.5. The van der Waals surface area contributed by atoms with Crippen LogP contribution in [0.4, 0.5) is 0 Å². The number of carbonyl (C=O) groups is 1. The normalized spacial score (nSPS) is 10.6. The summed E-state index contributed by atoms with van der Waals surface area (Å²) in [6.07, 6.45) is 3.16. The van der Waals surface area contributed by atoms with Gasteiger partial charge in [-0.15, -0.1) is 0 Å². The topological polar surface area (TPSA) is 34.9 Å². The fourth-order valence-corrected chi connectivity index (χ4v) is 2.44. The van der Waals surface area contributed by atoms with E-state index in [0.717, 1.165) is 16.8 Å². The second-order valence-corrected chi connectivity index (χ2v) is 5.22. The molecule has 5 heteroatoms. The summed E-state index contributed by atoms with van der Waals surface area (Å²) in [6.45, 7) is 0. The van der Waals surface area contributed by atoms with E-state index in [1.807, 2.05) is 48.5 Å². The first kappa shape index (κ1) is 13.9. The molecule has 0 radical (unpaired) electrons. The van der Waals surface area contributed by atoms with Crippen LogP contribution >= 0.6 is 23.2 Å². The van der Waals surface area contributed by atoms with Gasteiger partial charge in [0.25, 0.3) is 5.24 Å². The third-order valence-corrected chi connectivity index (χ3v) is 3.64. The van der Waals surface area contributed by atoms with Gasteiger partial charge in [-0.05, 0) is 35.4 Å². The van der Waals surface area contributed by atoms with Crippen molar-refractivity contribution in [3.63, 3.8) is 0 Å². The number of imidazole rings is 1. The van der Waals surface area contributed by atoms with Crippen LogP contribution in [0.5, 0.6) is 0 Å². The van der Waals surface area contributed by atoms with Crippen molar-refractivity contribution in [1.82, 2.24) is 9.55 Å². The molecule has 0 aliphatic heterocycles. The van der Waals surface area contributed by atoms with E-state index in [2.05, 4.69) is 4.98 Å². The van der Waals surface area contributed by atoms with Gasteiger partial charge in [-0.2, -0.15) is 0 Å². The number of nitrogens with zero attached hydrogens (tertiary/aromatic N) is 2. The maximum Gasteiger partial charge on any atom is 0.272 e. The molecule has 0 fully saturated rings. The Morgan fingerprint density at radius 1 is 1.10 bits per heavy atom. The van der Waals surface area contributed by atoms with Crippen LogP contribution in [0.3, 0.4) is 0 Å². The summed E-state index contributed by atoms with van der Waals surface area (Å²) >= 11 is 11.6. The Morgan fingerprint density at radius 3 is 2.62 bits per heavy atom. The number of aromatic nitrogens is 2. The molecule has 0 aliphatic rings. The van der Waals surface area contributed by atoms with E-state index in [4.69, 9.17) is 23.2 Å². The largest absolute Gasteiger partial charge is 0.305 e. The lowest BCUT2D eigenvalue weighted by molar-refractivity contribution is 0.107. The predicted octanol–water partition coefficient (Wildman–Crippen LogP) is 4.57. The molecule has 0 aliphatic carbocycles. The van der Waals surface area contributed by atoms with Crippen molar-refractivity contribution in [2.45, 2.75) is 0 Å². The van der Waals surface area contributed by atoms with Crippen molar-refractivity contribution in [3.8, 4) is 16.8 Å². The zero-order valence-corrected chi connectivity index (χ0v) is 12.3. The van der Waals surface area contributed by atoms with Crippen molar-refractivity contribution in [2.24, 2.45) is 0 Å². The van der Waals surface area contributed by atoms with Crippen LogP contribution in [-0.2, 0) is 0 Å². The van der Waals surface area contributed by atoms with Gasteiger partial charge in [0, 0.05) is 22.5 Å². The Morgan fingerprint density at radius 2 is 1.90 bits per heavy atom. The number of hydrogen-bond acceptors (Lipinski definition) is 2. The predicted molar refractivity (Wildman–Crippen MR) is 84.2 cm³/mol. The molecule has 0 bridgehead atoms. The molecule has 1 heterocycles. The summed E-state index contributed by atoms with van der Waals surface area (Å²) in [6, 6.07) is 15.5. The molecule has 0 amide bonds.